The Hall–Kier alpha value is -3.67. The number of tetrazole rings is 1. The van der Waals surface area contributed by atoms with Crippen molar-refractivity contribution < 1.29 is 13.9 Å². The Bertz CT molecular complexity index is 1190. The maximum atomic E-state index is 12.3. The number of alkyl halides is 1. The molecular weight excluding hydrogens is 423 g/mol. The molecule has 2 N–H and O–H groups in total. The molecule has 0 bridgehead atoms. The van der Waals surface area contributed by atoms with E-state index in [9.17, 15) is 9.18 Å². The predicted octanol–water partition coefficient (Wildman–Crippen LogP) is 2.69. The highest BCUT2D eigenvalue weighted by atomic mass is 32.1. The van der Waals surface area contributed by atoms with Crippen molar-refractivity contribution in [3.8, 4) is 16.9 Å². The van der Waals surface area contributed by atoms with E-state index in [1.54, 1.807) is 19.5 Å². The Kier molecular flexibility index (Phi) is 6.26. The molecule has 4 rings (SSSR count). The number of pyridine rings is 1. The number of benzene rings is 1. The zero-order valence-corrected chi connectivity index (χ0v) is 17.4. The molecule has 160 valence electrons. The number of ether oxygens (including phenoxy) is 1. The van der Waals surface area contributed by atoms with Gasteiger partial charge in [0, 0.05) is 24.7 Å². The summed E-state index contributed by atoms with van der Waals surface area (Å²) in [5, 5.41) is 17.5. The van der Waals surface area contributed by atoms with Crippen molar-refractivity contribution >= 4 is 32.7 Å². The number of rotatable bonds is 8. The maximum Gasteiger partial charge on any atom is 0.321 e. The number of aryl methyl sites for hydroxylation is 1. The third kappa shape index (κ3) is 5.09. The summed E-state index contributed by atoms with van der Waals surface area (Å²) in [7, 11) is 1.60. The van der Waals surface area contributed by atoms with Crippen LogP contribution >= 0.6 is 11.3 Å². The van der Waals surface area contributed by atoms with Crippen LogP contribution in [0.1, 0.15) is 5.82 Å². The first kappa shape index (κ1) is 20.6. The van der Waals surface area contributed by atoms with Crippen LogP contribution < -0.4 is 15.4 Å². The van der Waals surface area contributed by atoms with Gasteiger partial charge in [0.05, 0.1) is 30.1 Å². The molecule has 0 saturated heterocycles. The van der Waals surface area contributed by atoms with Gasteiger partial charge in [0.2, 0.25) is 0 Å². The smallest absolute Gasteiger partial charge is 0.321 e. The molecule has 1 aromatic carbocycles. The summed E-state index contributed by atoms with van der Waals surface area (Å²) >= 11 is 1.37. The fraction of sp³-hybridized carbons (Fsp3) is 0.263. The SMILES string of the molecule is COc1cncc(-c2ccc3nc(NC(=O)NCCc4nnn(CCF)n4)sc3c2)c1. The van der Waals surface area contributed by atoms with Crippen LogP contribution in [0.4, 0.5) is 14.3 Å². The van der Waals surface area contributed by atoms with Gasteiger partial charge in [-0.1, -0.05) is 17.4 Å². The van der Waals surface area contributed by atoms with Crippen molar-refractivity contribution in [2.45, 2.75) is 13.0 Å². The van der Waals surface area contributed by atoms with Gasteiger partial charge in [0.1, 0.15) is 12.4 Å². The number of nitrogens with one attached hydrogen (secondary N) is 2. The predicted molar refractivity (Wildman–Crippen MR) is 114 cm³/mol. The van der Waals surface area contributed by atoms with Gasteiger partial charge in [-0.3, -0.25) is 10.3 Å². The second-order valence-corrected chi connectivity index (χ2v) is 7.47. The number of aromatic nitrogens is 6. The van der Waals surface area contributed by atoms with Gasteiger partial charge in [-0.25, -0.2) is 14.2 Å². The number of nitrogens with zero attached hydrogens (tertiary/aromatic N) is 6. The molecule has 0 fully saturated rings. The van der Waals surface area contributed by atoms with Crippen LogP contribution in [-0.2, 0) is 13.0 Å². The van der Waals surface area contributed by atoms with E-state index in [0.717, 1.165) is 21.3 Å². The number of carbonyl (C=O) groups is 1. The van der Waals surface area contributed by atoms with E-state index in [1.807, 2.05) is 24.3 Å². The Balaban J connectivity index is 1.36. The minimum absolute atomic E-state index is 0.0641. The summed E-state index contributed by atoms with van der Waals surface area (Å²) in [4.78, 5) is 22.0. The van der Waals surface area contributed by atoms with Crippen LogP contribution in [0.5, 0.6) is 5.75 Å². The Morgan fingerprint density at radius 3 is 3.00 bits per heavy atom. The average Bonchev–Trinajstić information content (AvgIpc) is 3.39. The second-order valence-electron chi connectivity index (χ2n) is 6.44. The van der Waals surface area contributed by atoms with Gasteiger partial charge < -0.3 is 10.1 Å². The van der Waals surface area contributed by atoms with Gasteiger partial charge in [0.25, 0.3) is 0 Å². The molecule has 4 aromatic rings. The number of hydrogen-bond acceptors (Lipinski definition) is 8. The fourth-order valence-corrected chi connectivity index (χ4v) is 3.72. The van der Waals surface area contributed by atoms with Gasteiger partial charge in [-0.2, -0.15) is 4.80 Å². The lowest BCUT2D eigenvalue weighted by atomic mass is 10.1. The third-order valence-corrected chi connectivity index (χ3v) is 5.24. The van der Waals surface area contributed by atoms with Crippen molar-refractivity contribution in [3.63, 3.8) is 0 Å². The van der Waals surface area contributed by atoms with Gasteiger partial charge >= 0.3 is 6.03 Å². The highest BCUT2D eigenvalue weighted by Crippen LogP contribution is 2.31. The second kappa shape index (κ2) is 9.43. The van der Waals surface area contributed by atoms with Crippen molar-refractivity contribution in [1.82, 2.24) is 35.5 Å². The molecule has 0 aliphatic rings. The minimum Gasteiger partial charge on any atom is -0.495 e. The third-order valence-electron chi connectivity index (χ3n) is 4.30. The summed E-state index contributed by atoms with van der Waals surface area (Å²) in [5.41, 5.74) is 2.69. The first-order valence-electron chi connectivity index (χ1n) is 9.42. The number of anilines is 1. The highest BCUT2D eigenvalue weighted by molar-refractivity contribution is 7.22. The maximum absolute atomic E-state index is 12.3. The molecule has 31 heavy (non-hydrogen) atoms. The van der Waals surface area contributed by atoms with Gasteiger partial charge in [-0.15, -0.1) is 10.2 Å². The molecule has 0 aliphatic heterocycles. The average molecular weight is 442 g/mol. The number of fused-ring (bicyclic) bond motifs is 1. The zero-order chi connectivity index (χ0) is 21.6. The molecule has 0 unspecified atom stereocenters. The van der Waals surface area contributed by atoms with Crippen LogP contribution in [0.3, 0.4) is 0 Å². The standard InChI is InChI=1S/C19H19FN8O2S/c1-30-14-8-13(10-21-11-14)12-2-3-15-16(9-12)31-19(23-15)24-18(29)22-6-4-17-25-27-28(26-17)7-5-20/h2-3,8-11H,4-7H2,1H3,(H2,22,23,24,29). The van der Waals surface area contributed by atoms with Crippen LogP contribution in [0.15, 0.2) is 36.7 Å². The number of carbonyl (C=O) groups excluding carboxylic acids is 1. The zero-order valence-electron chi connectivity index (χ0n) is 16.6. The lowest BCUT2D eigenvalue weighted by Crippen LogP contribution is -2.30. The van der Waals surface area contributed by atoms with Crippen LogP contribution in [-0.4, -0.2) is 56.5 Å². The monoisotopic (exact) mass is 442 g/mol. The molecule has 3 heterocycles. The molecule has 0 aliphatic carbocycles. The summed E-state index contributed by atoms with van der Waals surface area (Å²) < 4.78 is 18.4. The largest absolute Gasteiger partial charge is 0.495 e. The number of halogens is 1. The normalized spacial score (nSPS) is 10.9. The van der Waals surface area contributed by atoms with Crippen LogP contribution in [0.2, 0.25) is 0 Å². The first-order chi connectivity index (χ1) is 15.1. The molecule has 2 amide bonds. The van der Waals surface area contributed by atoms with E-state index in [-0.39, 0.29) is 12.6 Å². The first-order valence-corrected chi connectivity index (χ1v) is 10.2. The quantitative estimate of drug-likeness (QED) is 0.430. The molecule has 10 nitrogen and oxygen atoms in total. The Morgan fingerprint density at radius 1 is 1.26 bits per heavy atom. The minimum atomic E-state index is -0.559. The van der Waals surface area contributed by atoms with Crippen molar-refractivity contribution in [2.75, 3.05) is 25.6 Å². The number of amides is 2. The van der Waals surface area contributed by atoms with Crippen LogP contribution in [0, 0.1) is 0 Å². The summed E-state index contributed by atoms with van der Waals surface area (Å²) in [5.74, 6) is 1.12. The molecule has 3 aromatic heterocycles. The number of methoxy groups -OCH3 is 1. The number of urea groups is 1. The number of thiazole rings is 1. The summed E-state index contributed by atoms with van der Waals surface area (Å²) in [6.07, 6.45) is 3.80. The lowest BCUT2D eigenvalue weighted by Gasteiger charge is -2.03. The topological polar surface area (TPSA) is 120 Å². The Labute approximate surface area is 180 Å². The molecule has 12 heteroatoms. The van der Waals surface area contributed by atoms with E-state index in [0.29, 0.717) is 29.7 Å². The van der Waals surface area contributed by atoms with Crippen molar-refractivity contribution in [1.29, 1.82) is 0 Å². The summed E-state index contributed by atoms with van der Waals surface area (Å²) in [6, 6.07) is 7.38. The van der Waals surface area contributed by atoms with E-state index >= 15 is 0 Å². The van der Waals surface area contributed by atoms with Gasteiger partial charge in [0.15, 0.2) is 11.0 Å². The molecule has 0 saturated carbocycles. The van der Waals surface area contributed by atoms with Gasteiger partial charge in [-0.05, 0) is 29.0 Å². The molecule has 0 radical (unpaired) electrons. The Morgan fingerprint density at radius 2 is 2.16 bits per heavy atom. The van der Waals surface area contributed by atoms with Crippen LogP contribution in [0.25, 0.3) is 21.3 Å². The molecule has 0 spiro atoms. The van der Waals surface area contributed by atoms with Crippen molar-refractivity contribution in [3.05, 3.63) is 42.5 Å². The van der Waals surface area contributed by atoms with Crippen molar-refractivity contribution in [2.24, 2.45) is 0 Å². The highest BCUT2D eigenvalue weighted by Gasteiger charge is 2.10. The molecule has 0 atom stereocenters. The van der Waals surface area contributed by atoms with E-state index in [2.05, 4.69) is 36.0 Å². The summed E-state index contributed by atoms with van der Waals surface area (Å²) in [6.45, 7) is -0.184. The van der Waals surface area contributed by atoms with E-state index < -0.39 is 6.67 Å². The van der Waals surface area contributed by atoms with E-state index in [4.69, 9.17) is 4.74 Å². The molecular formula is C19H19FN8O2S. The van der Waals surface area contributed by atoms with E-state index in [1.165, 1.54) is 16.1 Å². The fourth-order valence-electron chi connectivity index (χ4n) is 2.82. The lowest BCUT2D eigenvalue weighted by molar-refractivity contribution is 0.252. The number of hydrogen-bond donors (Lipinski definition) is 2.